The van der Waals surface area contributed by atoms with E-state index < -0.39 is 0 Å². The molecule has 0 aromatic heterocycles. The first-order valence-electron chi connectivity index (χ1n) is 3.51. The summed E-state index contributed by atoms with van der Waals surface area (Å²) in [6, 6.07) is 0.683. The van der Waals surface area contributed by atoms with E-state index in [1.165, 1.54) is 19.4 Å². The molecule has 0 aromatic rings. The summed E-state index contributed by atoms with van der Waals surface area (Å²) in [6.07, 6.45) is 4.38. The molecule has 2 nitrogen and oxygen atoms in total. The van der Waals surface area contributed by atoms with Crippen molar-refractivity contribution in [1.82, 2.24) is 10.6 Å². The maximum Gasteiger partial charge on any atom is 0.0295 e. The average molecular weight is 126 g/mol. The number of nitrogens with one attached hydrogen (secondary N) is 2. The zero-order valence-electron chi connectivity index (χ0n) is 5.69. The summed E-state index contributed by atoms with van der Waals surface area (Å²) in [4.78, 5) is 0. The largest absolute Gasteiger partial charge is 0.390 e. The Kier molecular flexibility index (Phi) is 2.58. The van der Waals surface area contributed by atoms with Gasteiger partial charge < -0.3 is 10.6 Å². The maximum atomic E-state index is 3.58. The summed E-state index contributed by atoms with van der Waals surface area (Å²) in [7, 11) is 0. The van der Waals surface area contributed by atoms with Gasteiger partial charge in [-0.3, -0.25) is 0 Å². The fraction of sp³-hybridized carbons (Fsp3) is 0.714. The molecule has 0 amide bonds. The van der Waals surface area contributed by atoms with E-state index in [4.69, 9.17) is 0 Å². The van der Waals surface area contributed by atoms with Gasteiger partial charge >= 0.3 is 0 Å². The van der Waals surface area contributed by atoms with E-state index in [0.717, 1.165) is 6.54 Å². The molecule has 0 aromatic carbocycles. The van der Waals surface area contributed by atoms with Crippen molar-refractivity contribution in [1.29, 1.82) is 0 Å². The van der Waals surface area contributed by atoms with Crippen LogP contribution in [-0.2, 0) is 0 Å². The standard InChI is InChI=1S/C7H14N2/c1-2-8-6-7-4-3-5-9-7/h2,7-9H,1,3-6H2. The highest BCUT2D eigenvalue weighted by molar-refractivity contribution is 4.78. The first kappa shape index (κ1) is 6.62. The Morgan fingerprint density at radius 3 is 3.22 bits per heavy atom. The van der Waals surface area contributed by atoms with Crippen LogP contribution >= 0.6 is 0 Å². The number of hydrogen-bond acceptors (Lipinski definition) is 2. The van der Waals surface area contributed by atoms with Gasteiger partial charge in [0.15, 0.2) is 0 Å². The second kappa shape index (κ2) is 3.51. The van der Waals surface area contributed by atoms with Crippen LogP contribution in [0.1, 0.15) is 12.8 Å². The number of rotatable bonds is 3. The van der Waals surface area contributed by atoms with Crippen molar-refractivity contribution < 1.29 is 0 Å². The summed E-state index contributed by atoms with van der Waals surface area (Å²) in [5.74, 6) is 0. The van der Waals surface area contributed by atoms with Gasteiger partial charge in [0.25, 0.3) is 0 Å². The summed E-state index contributed by atoms with van der Waals surface area (Å²) >= 11 is 0. The molecule has 2 heteroatoms. The molecule has 0 radical (unpaired) electrons. The Balaban J connectivity index is 2.04. The molecule has 1 aliphatic heterocycles. The molecule has 1 aliphatic rings. The molecule has 1 atom stereocenters. The maximum absolute atomic E-state index is 3.58. The molecule has 0 aliphatic carbocycles. The normalized spacial score (nSPS) is 26.0. The topological polar surface area (TPSA) is 24.1 Å². The van der Waals surface area contributed by atoms with Crippen molar-refractivity contribution >= 4 is 0 Å². The zero-order chi connectivity index (χ0) is 6.53. The third-order valence-electron chi connectivity index (χ3n) is 1.67. The van der Waals surface area contributed by atoms with Crippen molar-refractivity contribution in [2.24, 2.45) is 0 Å². The van der Waals surface area contributed by atoms with Crippen LogP contribution in [0.25, 0.3) is 0 Å². The highest BCUT2D eigenvalue weighted by atomic mass is 15.0. The van der Waals surface area contributed by atoms with E-state index in [1.807, 2.05) is 0 Å². The minimum Gasteiger partial charge on any atom is -0.390 e. The van der Waals surface area contributed by atoms with Gasteiger partial charge in [-0.1, -0.05) is 6.58 Å². The molecule has 0 spiro atoms. The Hall–Kier alpha value is -0.500. The first-order chi connectivity index (χ1) is 4.43. The van der Waals surface area contributed by atoms with Gasteiger partial charge in [0.2, 0.25) is 0 Å². The van der Waals surface area contributed by atoms with Gasteiger partial charge in [-0.15, -0.1) is 0 Å². The van der Waals surface area contributed by atoms with Crippen LogP contribution < -0.4 is 10.6 Å². The summed E-state index contributed by atoms with van der Waals surface area (Å²) in [6.45, 7) is 5.80. The Labute approximate surface area is 56.3 Å². The van der Waals surface area contributed by atoms with E-state index in [1.54, 1.807) is 6.20 Å². The van der Waals surface area contributed by atoms with Crippen LogP contribution in [0, 0.1) is 0 Å². The fourth-order valence-corrected chi connectivity index (χ4v) is 1.16. The summed E-state index contributed by atoms with van der Waals surface area (Å²) in [5.41, 5.74) is 0. The Morgan fingerprint density at radius 1 is 1.78 bits per heavy atom. The quantitative estimate of drug-likeness (QED) is 0.574. The van der Waals surface area contributed by atoms with Crippen LogP contribution in [-0.4, -0.2) is 19.1 Å². The molecule has 1 rings (SSSR count). The minimum absolute atomic E-state index is 0.683. The summed E-state index contributed by atoms with van der Waals surface area (Å²) in [5, 5.41) is 6.47. The lowest BCUT2D eigenvalue weighted by Gasteiger charge is -2.08. The molecule has 1 saturated heterocycles. The van der Waals surface area contributed by atoms with Crippen LogP contribution in [0.2, 0.25) is 0 Å². The summed E-state index contributed by atoms with van der Waals surface area (Å²) < 4.78 is 0. The van der Waals surface area contributed by atoms with Crippen LogP contribution in [0.3, 0.4) is 0 Å². The third kappa shape index (κ3) is 2.06. The van der Waals surface area contributed by atoms with Crippen molar-refractivity contribution in [3.05, 3.63) is 12.8 Å². The van der Waals surface area contributed by atoms with Crippen LogP contribution in [0.4, 0.5) is 0 Å². The smallest absolute Gasteiger partial charge is 0.0295 e. The van der Waals surface area contributed by atoms with Crippen molar-refractivity contribution in [2.45, 2.75) is 18.9 Å². The molecule has 9 heavy (non-hydrogen) atoms. The second-order valence-electron chi connectivity index (χ2n) is 2.41. The minimum atomic E-state index is 0.683. The third-order valence-corrected chi connectivity index (χ3v) is 1.67. The van der Waals surface area contributed by atoms with Gasteiger partial charge in [0.1, 0.15) is 0 Å². The van der Waals surface area contributed by atoms with E-state index >= 15 is 0 Å². The van der Waals surface area contributed by atoms with E-state index in [0.29, 0.717) is 6.04 Å². The highest BCUT2D eigenvalue weighted by Gasteiger charge is 2.11. The Bertz CT molecular complexity index is 84.9. The zero-order valence-corrected chi connectivity index (χ0v) is 5.69. The molecule has 52 valence electrons. The van der Waals surface area contributed by atoms with Crippen LogP contribution in [0.5, 0.6) is 0 Å². The van der Waals surface area contributed by atoms with Crippen LogP contribution in [0.15, 0.2) is 12.8 Å². The second-order valence-corrected chi connectivity index (χ2v) is 2.41. The van der Waals surface area contributed by atoms with Gasteiger partial charge in [-0.05, 0) is 25.6 Å². The highest BCUT2D eigenvalue weighted by Crippen LogP contribution is 2.02. The predicted octanol–water partition coefficient (Wildman–Crippen LogP) is 0.471. The van der Waals surface area contributed by atoms with Gasteiger partial charge in [-0.2, -0.15) is 0 Å². The van der Waals surface area contributed by atoms with Gasteiger partial charge in [0, 0.05) is 12.6 Å². The molecule has 1 heterocycles. The van der Waals surface area contributed by atoms with Crippen molar-refractivity contribution in [3.63, 3.8) is 0 Å². The van der Waals surface area contributed by atoms with Gasteiger partial charge in [-0.25, -0.2) is 0 Å². The lowest BCUT2D eigenvalue weighted by Crippen LogP contribution is -2.31. The SMILES string of the molecule is C=CNCC1CCCN1. The first-order valence-corrected chi connectivity index (χ1v) is 3.51. The van der Waals surface area contributed by atoms with E-state index in [9.17, 15) is 0 Å². The molecule has 1 fully saturated rings. The Morgan fingerprint density at radius 2 is 2.67 bits per heavy atom. The fourth-order valence-electron chi connectivity index (χ4n) is 1.16. The molecular weight excluding hydrogens is 112 g/mol. The molecular formula is C7H14N2. The molecule has 0 bridgehead atoms. The lowest BCUT2D eigenvalue weighted by molar-refractivity contribution is 0.580. The van der Waals surface area contributed by atoms with E-state index in [-0.39, 0.29) is 0 Å². The van der Waals surface area contributed by atoms with Gasteiger partial charge in [0.05, 0.1) is 0 Å². The predicted molar refractivity (Wildman–Crippen MR) is 39.2 cm³/mol. The molecule has 1 unspecified atom stereocenters. The monoisotopic (exact) mass is 126 g/mol. The van der Waals surface area contributed by atoms with Crippen molar-refractivity contribution in [3.8, 4) is 0 Å². The van der Waals surface area contributed by atoms with E-state index in [2.05, 4.69) is 17.2 Å². The molecule has 2 N–H and O–H groups in total. The molecule has 0 saturated carbocycles. The lowest BCUT2D eigenvalue weighted by atomic mass is 10.2. The number of hydrogen-bond donors (Lipinski definition) is 2. The average Bonchev–Trinajstić information content (AvgIpc) is 2.34. The van der Waals surface area contributed by atoms with Crippen molar-refractivity contribution in [2.75, 3.05) is 13.1 Å².